The summed E-state index contributed by atoms with van der Waals surface area (Å²) in [4.78, 5) is 53.3. The molecule has 3 heterocycles. The molecule has 10 heteroatoms. The summed E-state index contributed by atoms with van der Waals surface area (Å²) in [7, 11) is 3.08. The Kier molecular flexibility index (Phi) is 6.26. The van der Waals surface area contributed by atoms with Crippen molar-refractivity contribution < 1.29 is 24.2 Å². The predicted octanol–water partition coefficient (Wildman–Crippen LogP) is 1.32. The van der Waals surface area contributed by atoms with Crippen LogP contribution in [0.2, 0.25) is 0 Å². The van der Waals surface area contributed by atoms with Gasteiger partial charge in [0.2, 0.25) is 5.91 Å². The van der Waals surface area contributed by atoms with Gasteiger partial charge in [-0.25, -0.2) is 0 Å². The third kappa shape index (κ3) is 4.05. The number of aromatic nitrogens is 2. The van der Waals surface area contributed by atoms with Gasteiger partial charge < -0.3 is 24.6 Å². The smallest absolute Gasteiger partial charge is 0.272 e. The molecule has 2 aromatic carbocycles. The summed E-state index contributed by atoms with van der Waals surface area (Å²) < 4.78 is 8.66. The number of carbonyl (C=O) groups excluding carboxylic acids is 3. The van der Waals surface area contributed by atoms with E-state index in [0.29, 0.717) is 22.0 Å². The van der Waals surface area contributed by atoms with Crippen LogP contribution >= 0.6 is 0 Å². The zero-order chi connectivity index (χ0) is 26.3. The number of carbonyl (C=O) groups is 3. The number of methoxy groups -OCH3 is 1. The monoisotopic (exact) mass is 502 g/mol. The van der Waals surface area contributed by atoms with Crippen molar-refractivity contribution in [1.82, 2.24) is 19.4 Å². The maximum Gasteiger partial charge on any atom is 0.272 e. The molecule has 0 unspecified atom stereocenters. The molecule has 190 valence electrons. The lowest BCUT2D eigenvalue weighted by Gasteiger charge is -2.39. The second kappa shape index (κ2) is 9.55. The van der Waals surface area contributed by atoms with E-state index in [9.17, 15) is 19.2 Å². The van der Waals surface area contributed by atoms with Crippen molar-refractivity contribution in [2.75, 3.05) is 26.8 Å². The Hall–Kier alpha value is -4.44. The van der Waals surface area contributed by atoms with Gasteiger partial charge in [-0.15, -0.1) is 0 Å². The summed E-state index contributed by atoms with van der Waals surface area (Å²) in [5, 5.41) is 12.8. The first-order chi connectivity index (χ1) is 17.8. The first-order valence-electron chi connectivity index (χ1n) is 11.8. The summed E-state index contributed by atoms with van der Waals surface area (Å²) in [5.41, 5.74) is 1.31. The SMILES string of the molecule is COc1c(C(=O)NC2CN(C(=O)CO)C2)n(C)c2c1c(=O)n(CC(=O)c1ccccc1)c1ccccc21. The number of likely N-dealkylation sites (tertiary alicyclic amines) is 1. The minimum Gasteiger partial charge on any atom is -0.493 e. The van der Waals surface area contributed by atoms with Gasteiger partial charge in [0.1, 0.15) is 12.0 Å². The van der Waals surface area contributed by atoms with Crippen LogP contribution in [-0.4, -0.2) is 69.6 Å². The van der Waals surface area contributed by atoms with Crippen LogP contribution < -0.4 is 15.6 Å². The molecule has 10 nitrogen and oxygen atoms in total. The van der Waals surface area contributed by atoms with Gasteiger partial charge in [0.15, 0.2) is 17.2 Å². The number of amides is 2. The highest BCUT2D eigenvalue weighted by Gasteiger charge is 2.34. The Labute approximate surface area is 211 Å². The standard InChI is InChI=1S/C27H26N4O6/c1-29-23-18-10-6-7-11-19(18)31(14-20(33)16-8-4-3-5-9-16)27(36)22(23)25(37-2)24(29)26(35)28-17-12-30(13-17)21(34)15-32/h3-11,17,32H,12-15H2,1-2H3,(H,28,35). The number of benzene rings is 2. The van der Waals surface area contributed by atoms with E-state index in [1.54, 1.807) is 48.0 Å². The van der Waals surface area contributed by atoms with Crippen LogP contribution in [-0.2, 0) is 18.4 Å². The van der Waals surface area contributed by atoms with Crippen LogP contribution in [0.15, 0.2) is 59.4 Å². The Bertz CT molecular complexity index is 1600. The molecular formula is C27H26N4O6. The van der Waals surface area contributed by atoms with E-state index in [1.807, 2.05) is 18.2 Å². The molecule has 2 aromatic heterocycles. The summed E-state index contributed by atoms with van der Waals surface area (Å²) >= 11 is 0. The molecule has 0 saturated carbocycles. The van der Waals surface area contributed by atoms with Crippen molar-refractivity contribution in [3.8, 4) is 5.75 Å². The predicted molar refractivity (Wildman–Crippen MR) is 137 cm³/mol. The number of para-hydroxylation sites is 1. The van der Waals surface area contributed by atoms with Gasteiger partial charge in [-0.3, -0.25) is 23.7 Å². The Morgan fingerprint density at radius 3 is 2.41 bits per heavy atom. The van der Waals surface area contributed by atoms with Crippen LogP contribution in [0.5, 0.6) is 5.75 Å². The highest BCUT2D eigenvalue weighted by atomic mass is 16.5. The minimum atomic E-state index is -0.580. The fourth-order valence-electron chi connectivity index (χ4n) is 4.92. The molecule has 0 bridgehead atoms. The van der Waals surface area contributed by atoms with Crippen molar-refractivity contribution in [1.29, 1.82) is 0 Å². The number of hydrogen-bond acceptors (Lipinski definition) is 6. The molecule has 0 atom stereocenters. The van der Waals surface area contributed by atoms with Crippen LogP contribution in [0.25, 0.3) is 21.8 Å². The summed E-state index contributed by atoms with van der Waals surface area (Å²) in [6.07, 6.45) is 0. The van der Waals surface area contributed by atoms with Gasteiger partial charge >= 0.3 is 0 Å². The van der Waals surface area contributed by atoms with E-state index in [1.165, 1.54) is 16.6 Å². The maximum absolute atomic E-state index is 13.8. The first-order valence-corrected chi connectivity index (χ1v) is 11.8. The van der Waals surface area contributed by atoms with Gasteiger partial charge in [-0.05, 0) is 6.07 Å². The van der Waals surface area contributed by atoms with E-state index in [0.717, 1.165) is 0 Å². The number of Topliss-reactive ketones (excluding diaryl/α,β-unsaturated/α-hetero) is 1. The number of rotatable bonds is 7. The molecule has 1 saturated heterocycles. The lowest BCUT2D eigenvalue weighted by molar-refractivity contribution is -0.138. The fourth-order valence-corrected chi connectivity index (χ4v) is 4.92. The number of fused-ring (bicyclic) bond motifs is 3. The highest BCUT2D eigenvalue weighted by molar-refractivity contribution is 6.12. The topological polar surface area (TPSA) is 123 Å². The lowest BCUT2D eigenvalue weighted by Crippen LogP contribution is -2.61. The molecule has 0 spiro atoms. The van der Waals surface area contributed by atoms with E-state index in [-0.39, 0.29) is 48.3 Å². The molecular weight excluding hydrogens is 476 g/mol. The summed E-state index contributed by atoms with van der Waals surface area (Å²) in [6, 6.07) is 15.7. The number of ether oxygens (including phenoxy) is 1. The second-order valence-electron chi connectivity index (χ2n) is 8.99. The van der Waals surface area contributed by atoms with Crippen molar-refractivity contribution in [3.05, 3.63) is 76.2 Å². The van der Waals surface area contributed by atoms with Gasteiger partial charge in [0.25, 0.3) is 11.5 Å². The third-order valence-corrected chi connectivity index (χ3v) is 6.78. The Morgan fingerprint density at radius 2 is 1.73 bits per heavy atom. The molecule has 0 aliphatic carbocycles. The Morgan fingerprint density at radius 1 is 1.05 bits per heavy atom. The van der Waals surface area contributed by atoms with Gasteiger partial charge in [0, 0.05) is 31.1 Å². The summed E-state index contributed by atoms with van der Waals surface area (Å²) in [5.74, 6) is -0.946. The van der Waals surface area contributed by atoms with Crippen LogP contribution in [0.3, 0.4) is 0 Å². The molecule has 37 heavy (non-hydrogen) atoms. The van der Waals surface area contributed by atoms with Crippen LogP contribution in [0.4, 0.5) is 0 Å². The molecule has 0 radical (unpaired) electrons. The number of nitrogens with one attached hydrogen (secondary N) is 1. The molecule has 2 N–H and O–H groups in total. The lowest BCUT2D eigenvalue weighted by atomic mass is 10.1. The minimum absolute atomic E-state index is 0.120. The second-order valence-corrected chi connectivity index (χ2v) is 8.99. The quantitative estimate of drug-likeness (QED) is 0.368. The zero-order valence-corrected chi connectivity index (χ0v) is 20.4. The van der Waals surface area contributed by atoms with Crippen molar-refractivity contribution >= 4 is 39.4 Å². The number of aryl methyl sites for hydroxylation is 1. The van der Waals surface area contributed by atoms with E-state index in [4.69, 9.17) is 9.84 Å². The van der Waals surface area contributed by atoms with Crippen molar-refractivity contribution in [2.45, 2.75) is 12.6 Å². The van der Waals surface area contributed by atoms with E-state index >= 15 is 0 Å². The highest BCUT2D eigenvalue weighted by Crippen LogP contribution is 2.34. The van der Waals surface area contributed by atoms with Crippen LogP contribution in [0.1, 0.15) is 20.8 Å². The molecule has 4 aromatic rings. The summed E-state index contributed by atoms with van der Waals surface area (Å²) in [6.45, 7) is -0.178. The molecule has 5 rings (SSSR count). The van der Waals surface area contributed by atoms with Crippen LogP contribution in [0, 0.1) is 0 Å². The number of aliphatic hydroxyl groups is 1. The van der Waals surface area contributed by atoms with Crippen molar-refractivity contribution in [3.63, 3.8) is 0 Å². The number of aliphatic hydroxyl groups excluding tert-OH is 1. The molecule has 1 aliphatic heterocycles. The largest absolute Gasteiger partial charge is 0.493 e. The number of ketones is 1. The van der Waals surface area contributed by atoms with E-state index in [2.05, 4.69) is 5.32 Å². The average molecular weight is 503 g/mol. The fraction of sp³-hybridized carbons (Fsp3) is 0.259. The third-order valence-electron chi connectivity index (χ3n) is 6.78. The number of hydrogen-bond donors (Lipinski definition) is 2. The number of nitrogens with zero attached hydrogens (tertiary/aromatic N) is 3. The molecule has 2 amide bonds. The molecule has 1 fully saturated rings. The van der Waals surface area contributed by atoms with E-state index < -0.39 is 24.0 Å². The van der Waals surface area contributed by atoms with Gasteiger partial charge in [-0.1, -0.05) is 48.5 Å². The van der Waals surface area contributed by atoms with Crippen molar-refractivity contribution in [2.24, 2.45) is 7.05 Å². The maximum atomic E-state index is 13.8. The van der Waals surface area contributed by atoms with Gasteiger partial charge in [0.05, 0.1) is 30.7 Å². The Balaban J connectivity index is 1.60. The average Bonchev–Trinajstić information content (AvgIpc) is 3.20. The number of pyridine rings is 1. The first kappa shape index (κ1) is 24.3. The normalized spacial score (nSPS) is 13.5. The zero-order valence-electron chi connectivity index (χ0n) is 20.4. The van der Waals surface area contributed by atoms with Gasteiger partial charge in [-0.2, -0.15) is 0 Å². The molecule has 1 aliphatic rings.